The number of rotatable bonds is 4. The zero-order valence-corrected chi connectivity index (χ0v) is 12.6. The van der Waals surface area contributed by atoms with Crippen molar-refractivity contribution in [2.45, 2.75) is 13.0 Å². The molecule has 0 aliphatic carbocycles. The highest BCUT2D eigenvalue weighted by molar-refractivity contribution is 7.10. The van der Waals surface area contributed by atoms with Crippen LogP contribution in [0.25, 0.3) is 11.4 Å². The van der Waals surface area contributed by atoms with Crippen LogP contribution in [0.15, 0.2) is 40.2 Å². The predicted molar refractivity (Wildman–Crippen MR) is 81.4 cm³/mol. The molecule has 108 valence electrons. The Morgan fingerprint density at radius 3 is 2.90 bits per heavy atom. The van der Waals surface area contributed by atoms with E-state index in [1.165, 1.54) is 0 Å². The molecule has 0 bridgehead atoms. The lowest BCUT2D eigenvalue weighted by molar-refractivity contribution is 0.368. The van der Waals surface area contributed by atoms with Crippen molar-refractivity contribution in [3.05, 3.63) is 52.0 Å². The molecule has 3 aromatic rings. The number of hydrogen-bond donors (Lipinski definition) is 1. The second kappa shape index (κ2) is 5.67. The van der Waals surface area contributed by atoms with Crippen LogP contribution in [0.5, 0.6) is 5.75 Å². The molecule has 2 N–H and O–H groups in total. The Balaban J connectivity index is 1.95. The van der Waals surface area contributed by atoms with E-state index in [0.29, 0.717) is 17.5 Å². The van der Waals surface area contributed by atoms with Gasteiger partial charge in [-0.25, -0.2) is 0 Å². The fourth-order valence-electron chi connectivity index (χ4n) is 2.04. The maximum Gasteiger partial charge on any atom is 0.249 e. The summed E-state index contributed by atoms with van der Waals surface area (Å²) in [6.45, 7) is 2.00. The van der Waals surface area contributed by atoms with Gasteiger partial charge in [0.1, 0.15) is 11.8 Å². The van der Waals surface area contributed by atoms with Crippen LogP contribution in [0.2, 0.25) is 0 Å². The third kappa shape index (κ3) is 2.68. The average molecular weight is 301 g/mol. The van der Waals surface area contributed by atoms with E-state index in [-0.39, 0.29) is 0 Å². The van der Waals surface area contributed by atoms with Crippen molar-refractivity contribution >= 4 is 11.3 Å². The van der Waals surface area contributed by atoms with Crippen molar-refractivity contribution in [1.29, 1.82) is 0 Å². The van der Waals surface area contributed by atoms with Crippen LogP contribution in [-0.2, 0) is 0 Å². The highest BCUT2D eigenvalue weighted by Gasteiger charge is 2.19. The van der Waals surface area contributed by atoms with Crippen LogP contribution in [0, 0.1) is 6.92 Å². The summed E-state index contributed by atoms with van der Waals surface area (Å²) in [6, 6.07) is 9.32. The van der Waals surface area contributed by atoms with Crippen LogP contribution < -0.4 is 10.5 Å². The van der Waals surface area contributed by atoms with E-state index in [4.69, 9.17) is 15.0 Å². The van der Waals surface area contributed by atoms with E-state index in [2.05, 4.69) is 10.1 Å². The Hall–Kier alpha value is -2.18. The monoisotopic (exact) mass is 301 g/mol. The van der Waals surface area contributed by atoms with Crippen LogP contribution >= 0.6 is 11.3 Å². The minimum absolute atomic E-state index is 0.398. The van der Waals surface area contributed by atoms with Crippen LogP contribution in [0.1, 0.15) is 22.4 Å². The lowest BCUT2D eigenvalue weighted by Crippen LogP contribution is -2.10. The molecule has 21 heavy (non-hydrogen) atoms. The number of aromatic nitrogens is 2. The summed E-state index contributed by atoms with van der Waals surface area (Å²) in [5.74, 6) is 1.59. The first kappa shape index (κ1) is 13.8. The summed E-state index contributed by atoms with van der Waals surface area (Å²) in [7, 11) is 1.62. The van der Waals surface area contributed by atoms with Crippen molar-refractivity contribution in [3.8, 4) is 17.1 Å². The van der Waals surface area contributed by atoms with Gasteiger partial charge in [-0.3, -0.25) is 0 Å². The molecule has 0 aliphatic heterocycles. The molecule has 6 heteroatoms. The molecule has 2 heterocycles. The molecule has 0 aliphatic rings. The van der Waals surface area contributed by atoms with Gasteiger partial charge in [0, 0.05) is 4.88 Å². The smallest absolute Gasteiger partial charge is 0.249 e. The van der Waals surface area contributed by atoms with Crippen LogP contribution in [-0.4, -0.2) is 17.3 Å². The summed E-state index contributed by atoms with van der Waals surface area (Å²) in [6.07, 6.45) is 0. The van der Waals surface area contributed by atoms with E-state index in [0.717, 1.165) is 16.0 Å². The van der Waals surface area contributed by atoms with E-state index in [9.17, 15) is 0 Å². The summed E-state index contributed by atoms with van der Waals surface area (Å²) < 4.78 is 10.7. The number of hydrogen-bond acceptors (Lipinski definition) is 6. The number of benzene rings is 1. The summed E-state index contributed by atoms with van der Waals surface area (Å²) in [4.78, 5) is 5.39. The van der Waals surface area contributed by atoms with E-state index < -0.39 is 6.04 Å². The van der Waals surface area contributed by atoms with Gasteiger partial charge in [-0.05, 0) is 36.1 Å². The second-order valence-electron chi connectivity index (χ2n) is 4.65. The molecule has 2 aromatic heterocycles. The van der Waals surface area contributed by atoms with Crippen molar-refractivity contribution in [1.82, 2.24) is 10.1 Å². The van der Waals surface area contributed by atoms with E-state index >= 15 is 0 Å². The maximum atomic E-state index is 6.13. The molecule has 0 fully saturated rings. The van der Waals surface area contributed by atoms with E-state index in [1.807, 2.05) is 42.6 Å². The average Bonchev–Trinajstić information content (AvgIpc) is 3.18. The first-order chi connectivity index (χ1) is 10.2. The quantitative estimate of drug-likeness (QED) is 0.801. The molecule has 0 saturated heterocycles. The molecule has 0 amide bonds. The van der Waals surface area contributed by atoms with Gasteiger partial charge in [0.05, 0.1) is 12.7 Å². The van der Waals surface area contributed by atoms with Gasteiger partial charge in [-0.15, -0.1) is 11.3 Å². The molecular weight excluding hydrogens is 286 g/mol. The fraction of sp³-hybridized carbons (Fsp3) is 0.200. The molecule has 0 radical (unpaired) electrons. The first-order valence-corrected chi connectivity index (χ1v) is 7.34. The number of nitrogens with two attached hydrogens (primary N) is 1. The molecular formula is C15H15N3O2S. The Bertz CT molecular complexity index is 737. The highest BCUT2D eigenvalue weighted by atomic mass is 32.1. The second-order valence-corrected chi connectivity index (χ2v) is 5.63. The zero-order chi connectivity index (χ0) is 14.8. The number of thiophene rings is 1. The van der Waals surface area contributed by atoms with Crippen molar-refractivity contribution in [2.24, 2.45) is 5.73 Å². The maximum absolute atomic E-state index is 6.13. The summed E-state index contributed by atoms with van der Waals surface area (Å²) >= 11 is 1.56. The molecule has 1 unspecified atom stereocenters. The Labute approximate surface area is 126 Å². The third-order valence-corrected chi connectivity index (χ3v) is 4.11. The molecule has 1 atom stereocenters. The molecule has 1 aromatic carbocycles. The van der Waals surface area contributed by atoms with Gasteiger partial charge in [0.25, 0.3) is 0 Å². The van der Waals surface area contributed by atoms with Gasteiger partial charge in [0.15, 0.2) is 0 Å². The standard InChI is InChI=1S/C15H15N3O2S/c1-9-5-6-10(11(8-9)19-2)14-17-15(20-18-14)13(16)12-4-3-7-21-12/h3-8,13H,16H2,1-2H3. The topological polar surface area (TPSA) is 74.2 Å². The Morgan fingerprint density at radius 2 is 2.19 bits per heavy atom. The van der Waals surface area contributed by atoms with E-state index in [1.54, 1.807) is 18.4 Å². The van der Waals surface area contributed by atoms with Crippen LogP contribution in [0.3, 0.4) is 0 Å². The lowest BCUT2D eigenvalue weighted by atomic mass is 10.1. The molecule has 0 saturated carbocycles. The van der Waals surface area contributed by atoms with Gasteiger partial charge < -0.3 is 15.0 Å². The largest absolute Gasteiger partial charge is 0.496 e. The van der Waals surface area contributed by atoms with Gasteiger partial charge >= 0.3 is 0 Å². The van der Waals surface area contributed by atoms with Crippen LogP contribution in [0.4, 0.5) is 0 Å². The number of nitrogens with zero attached hydrogens (tertiary/aromatic N) is 2. The molecule has 3 rings (SSSR count). The predicted octanol–water partition coefficient (Wildman–Crippen LogP) is 3.16. The minimum atomic E-state index is -0.400. The van der Waals surface area contributed by atoms with Gasteiger partial charge in [-0.1, -0.05) is 17.3 Å². The SMILES string of the molecule is COc1cc(C)ccc1-c1noc(C(N)c2cccs2)n1. The highest BCUT2D eigenvalue weighted by Crippen LogP contribution is 2.30. The zero-order valence-electron chi connectivity index (χ0n) is 11.7. The molecule has 0 spiro atoms. The van der Waals surface area contributed by atoms with Crippen molar-refractivity contribution in [2.75, 3.05) is 7.11 Å². The number of methoxy groups -OCH3 is 1. The van der Waals surface area contributed by atoms with Crippen molar-refractivity contribution < 1.29 is 9.26 Å². The summed E-state index contributed by atoms with van der Waals surface area (Å²) in [5, 5.41) is 5.98. The van der Waals surface area contributed by atoms with Gasteiger partial charge in [0.2, 0.25) is 11.7 Å². The Morgan fingerprint density at radius 1 is 1.33 bits per heavy atom. The lowest BCUT2D eigenvalue weighted by Gasteiger charge is -2.05. The van der Waals surface area contributed by atoms with Crippen molar-refractivity contribution in [3.63, 3.8) is 0 Å². The molecule has 5 nitrogen and oxygen atoms in total. The summed E-state index contributed by atoms with van der Waals surface area (Å²) in [5.41, 5.74) is 8.02. The first-order valence-electron chi connectivity index (χ1n) is 6.46. The number of aryl methyl sites for hydroxylation is 1. The normalized spacial score (nSPS) is 12.3. The number of ether oxygens (including phenoxy) is 1. The van der Waals surface area contributed by atoms with Gasteiger partial charge in [-0.2, -0.15) is 4.98 Å². The fourth-order valence-corrected chi connectivity index (χ4v) is 2.76. The minimum Gasteiger partial charge on any atom is -0.496 e. The third-order valence-electron chi connectivity index (χ3n) is 3.16. The Kier molecular flexibility index (Phi) is 3.72.